The van der Waals surface area contributed by atoms with Crippen LogP contribution < -0.4 is 5.73 Å². The SMILES string of the molecule is CCCC([O])C(N)CC. The van der Waals surface area contributed by atoms with Crippen molar-refractivity contribution in [2.45, 2.75) is 45.3 Å². The van der Waals surface area contributed by atoms with E-state index >= 15 is 0 Å². The fraction of sp³-hybridized carbons (Fsp3) is 1.00. The van der Waals surface area contributed by atoms with Gasteiger partial charge in [-0.1, -0.05) is 20.3 Å². The van der Waals surface area contributed by atoms with Crippen LogP contribution in [-0.4, -0.2) is 12.1 Å². The summed E-state index contributed by atoms with van der Waals surface area (Å²) >= 11 is 0. The first-order valence-electron chi connectivity index (χ1n) is 3.63. The topological polar surface area (TPSA) is 45.9 Å². The molecule has 0 aliphatic rings. The molecule has 0 aromatic carbocycles. The minimum absolute atomic E-state index is 0.134. The maximum absolute atomic E-state index is 10.9. The van der Waals surface area contributed by atoms with Crippen LogP contribution in [0.15, 0.2) is 0 Å². The Morgan fingerprint density at radius 2 is 2.00 bits per heavy atom. The van der Waals surface area contributed by atoms with Crippen LogP contribution in [0.1, 0.15) is 33.1 Å². The Kier molecular flexibility index (Phi) is 4.72. The molecule has 2 nitrogen and oxygen atoms in total. The summed E-state index contributed by atoms with van der Waals surface area (Å²) in [6.45, 7) is 3.96. The van der Waals surface area contributed by atoms with Crippen LogP contribution in [0.5, 0.6) is 0 Å². The highest BCUT2D eigenvalue weighted by atomic mass is 16.3. The summed E-state index contributed by atoms with van der Waals surface area (Å²) in [7, 11) is 0. The number of hydrogen-bond acceptors (Lipinski definition) is 1. The van der Waals surface area contributed by atoms with Crippen molar-refractivity contribution in [3.05, 3.63) is 0 Å². The normalized spacial score (nSPS) is 17.3. The molecular weight excluding hydrogens is 114 g/mol. The fourth-order valence-electron chi connectivity index (χ4n) is 0.761. The largest absolute Gasteiger partial charge is 0.325 e. The predicted molar refractivity (Wildman–Crippen MR) is 37.6 cm³/mol. The van der Waals surface area contributed by atoms with Crippen LogP contribution >= 0.6 is 0 Å². The molecule has 2 atom stereocenters. The van der Waals surface area contributed by atoms with E-state index in [0.717, 1.165) is 19.3 Å². The van der Waals surface area contributed by atoms with Crippen LogP contribution in [0, 0.1) is 0 Å². The molecule has 2 heteroatoms. The summed E-state index contributed by atoms with van der Waals surface area (Å²) in [4.78, 5) is 0. The molecule has 0 saturated heterocycles. The van der Waals surface area contributed by atoms with Crippen molar-refractivity contribution in [2.24, 2.45) is 5.73 Å². The van der Waals surface area contributed by atoms with E-state index in [4.69, 9.17) is 5.73 Å². The van der Waals surface area contributed by atoms with Crippen molar-refractivity contribution >= 4 is 0 Å². The van der Waals surface area contributed by atoms with Gasteiger partial charge < -0.3 is 5.73 Å². The van der Waals surface area contributed by atoms with Gasteiger partial charge in [-0.05, 0) is 12.8 Å². The molecule has 2 unspecified atom stereocenters. The third-order valence-corrected chi connectivity index (χ3v) is 1.52. The second kappa shape index (κ2) is 4.77. The molecule has 1 radical (unpaired) electrons. The quantitative estimate of drug-likeness (QED) is 0.613. The standard InChI is InChI=1S/C7H16NO/c1-3-5-7(9)6(8)4-2/h6-7H,3-5,8H2,1-2H3. The van der Waals surface area contributed by atoms with Gasteiger partial charge in [0.25, 0.3) is 0 Å². The maximum atomic E-state index is 10.9. The Morgan fingerprint density at radius 3 is 2.33 bits per heavy atom. The molecule has 0 bridgehead atoms. The summed E-state index contributed by atoms with van der Waals surface area (Å²) in [6, 6.07) is -0.134. The molecule has 0 aromatic heterocycles. The zero-order valence-electron chi connectivity index (χ0n) is 6.26. The Morgan fingerprint density at radius 1 is 1.44 bits per heavy atom. The molecular formula is C7H16NO. The first-order chi connectivity index (χ1) is 4.22. The van der Waals surface area contributed by atoms with E-state index in [1.165, 1.54) is 0 Å². The van der Waals surface area contributed by atoms with Crippen molar-refractivity contribution in [2.75, 3.05) is 0 Å². The summed E-state index contributed by atoms with van der Waals surface area (Å²) in [6.07, 6.45) is 1.92. The molecule has 0 spiro atoms. The van der Waals surface area contributed by atoms with Crippen molar-refractivity contribution < 1.29 is 5.11 Å². The van der Waals surface area contributed by atoms with Gasteiger partial charge in [-0.3, -0.25) is 0 Å². The molecule has 0 amide bonds. The van der Waals surface area contributed by atoms with Crippen molar-refractivity contribution in [3.8, 4) is 0 Å². The van der Waals surface area contributed by atoms with E-state index in [1.54, 1.807) is 0 Å². The minimum atomic E-state index is -0.542. The van der Waals surface area contributed by atoms with Crippen molar-refractivity contribution in [3.63, 3.8) is 0 Å². The zero-order chi connectivity index (χ0) is 7.28. The lowest BCUT2D eigenvalue weighted by Gasteiger charge is -2.12. The van der Waals surface area contributed by atoms with Crippen LogP contribution in [0.2, 0.25) is 0 Å². The molecule has 0 saturated carbocycles. The molecule has 0 aliphatic carbocycles. The summed E-state index contributed by atoms with van der Waals surface area (Å²) < 4.78 is 0. The lowest BCUT2D eigenvalue weighted by molar-refractivity contribution is 0.0568. The lowest BCUT2D eigenvalue weighted by Crippen LogP contribution is -2.32. The lowest BCUT2D eigenvalue weighted by atomic mass is 10.1. The summed E-state index contributed by atoms with van der Waals surface area (Å²) in [5.41, 5.74) is 5.49. The Hall–Kier alpha value is -0.0800. The van der Waals surface area contributed by atoms with Gasteiger partial charge in [-0.15, -0.1) is 0 Å². The average molecular weight is 130 g/mol. The molecule has 0 fully saturated rings. The first kappa shape index (κ1) is 8.92. The van der Waals surface area contributed by atoms with Crippen LogP contribution in [-0.2, 0) is 5.11 Å². The van der Waals surface area contributed by atoms with Crippen molar-refractivity contribution in [1.82, 2.24) is 0 Å². The van der Waals surface area contributed by atoms with Gasteiger partial charge >= 0.3 is 0 Å². The first-order valence-corrected chi connectivity index (χ1v) is 3.63. The summed E-state index contributed by atoms with van der Waals surface area (Å²) in [5, 5.41) is 10.9. The molecule has 2 N–H and O–H groups in total. The van der Waals surface area contributed by atoms with E-state index in [2.05, 4.69) is 0 Å². The predicted octanol–water partition coefficient (Wildman–Crippen LogP) is 1.32. The number of hydrogen-bond donors (Lipinski definition) is 1. The molecule has 9 heavy (non-hydrogen) atoms. The Bertz CT molecular complexity index is 65.9. The van der Waals surface area contributed by atoms with Gasteiger partial charge in [0.1, 0.15) is 6.10 Å². The second-order valence-electron chi connectivity index (χ2n) is 2.40. The van der Waals surface area contributed by atoms with Gasteiger partial charge in [-0.25, -0.2) is 5.11 Å². The van der Waals surface area contributed by atoms with Gasteiger partial charge in [0, 0.05) is 6.04 Å². The Balaban J connectivity index is 3.32. The van der Waals surface area contributed by atoms with Gasteiger partial charge in [0.15, 0.2) is 0 Å². The smallest absolute Gasteiger partial charge is 0.108 e. The maximum Gasteiger partial charge on any atom is 0.108 e. The van der Waals surface area contributed by atoms with E-state index in [9.17, 15) is 5.11 Å². The van der Waals surface area contributed by atoms with Gasteiger partial charge in [0.05, 0.1) is 0 Å². The van der Waals surface area contributed by atoms with E-state index in [0.29, 0.717) is 0 Å². The van der Waals surface area contributed by atoms with Gasteiger partial charge in [-0.2, -0.15) is 0 Å². The van der Waals surface area contributed by atoms with E-state index < -0.39 is 6.10 Å². The highest BCUT2D eigenvalue weighted by Crippen LogP contribution is 2.02. The molecule has 0 aliphatic heterocycles. The molecule has 0 heterocycles. The highest BCUT2D eigenvalue weighted by Gasteiger charge is 2.12. The van der Waals surface area contributed by atoms with Crippen LogP contribution in [0.3, 0.4) is 0 Å². The van der Waals surface area contributed by atoms with Crippen LogP contribution in [0.25, 0.3) is 0 Å². The fourth-order valence-corrected chi connectivity index (χ4v) is 0.761. The highest BCUT2D eigenvalue weighted by molar-refractivity contribution is 4.68. The average Bonchev–Trinajstić information content (AvgIpc) is 1.87. The van der Waals surface area contributed by atoms with Crippen LogP contribution in [0.4, 0.5) is 0 Å². The Labute approximate surface area is 57.1 Å². The molecule has 0 aromatic rings. The summed E-state index contributed by atoms with van der Waals surface area (Å²) in [5.74, 6) is 0. The second-order valence-corrected chi connectivity index (χ2v) is 2.40. The molecule has 0 rings (SSSR count). The van der Waals surface area contributed by atoms with Gasteiger partial charge in [0.2, 0.25) is 0 Å². The molecule has 55 valence electrons. The third kappa shape index (κ3) is 3.49. The van der Waals surface area contributed by atoms with E-state index in [-0.39, 0.29) is 6.04 Å². The third-order valence-electron chi connectivity index (χ3n) is 1.52. The van der Waals surface area contributed by atoms with Crippen molar-refractivity contribution in [1.29, 1.82) is 0 Å². The monoisotopic (exact) mass is 130 g/mol. The minimum Gasteiger partial charge on any atom is -0.325 e. The van der Waals surface area contributed by atoms with E-state index in [1.807, 2.05) is 13.8 Å². The number of nitrogens with two attached hydrogens (primary N) is 1. The number of rotatable bonds is 4. The zero-order valence-corrected chi connectivity index (χ0v) is 6.26.